The lowest BCUT2D eigenvalue weighted by molar-refractivity contribution is -0.141. The fourth-order valence-corrected chi connectivity index (χ4v) is 4.69. The van der Waals surface area contributed by atoms with E-state index in [9.17, 15) is 17.6 Å². The third-order valence-corrected chi connectivity index (χ3v) is 6.45. The van der Waals surface area contributed by atoms with Crippen LogP contribution in [-0.4, -0.2) is 54.7 Å². The van der Waals surface area contributed by atoms with Gasteiger partial charge in [-0.3, -0.25) is 4.68 Å². The monoisotopic (exact) mass is 513 g/mol. The van der Waals surface area contributed by atoms with Crippen LogP contribution in [0.25, 0.3) is 27.8 Å². The fourth-order valence-electron chi connectivity index (χ4n) is 4.69. The Morgan fingerprint density at radius 1 is 1.03 bits per heavy atom. The maximum absolute atomic E-state index is 14.6. The van der Waals surface area contributed by atoms with Crippen LogP contribution in [0.1, 0.15) is 29.4 Å². The minimum Gasteiger partial charge on any atom is -0.480 e. The third kappa shape index (κ3) is 4.09. The molecule has 1 aliphatic rings. The van der Waals surface area contributed by atoms with Crippen molar-refractivity contribution < 1.29 is 27.0 Å². The second-order valence-electron chi connectivity index (χ2n) is 8.77. The van der Waals surface area contributed by atoms with Gasteiger partial charge in [0.2, 0.25) is 11.8 Å². The minimum atomic E-state index is -4.36. The average molecular weight is 513 g/mol. The van der Waals surface area contributed by atoms with E-state index in [2.05, 4.69) is 25.1 Å². The Morgan fingerprint density at radius 2 is 1.86 bits per heavy atom. The van der Waals surface area contributed by atoms with Crippen molar-refractivity contribution in [2.45, 2.75) is 31.0 Å². The lowest BCUT2D eigenvalue weighted by atomic mass is 10.0. The normalized spacial score (nSPS) is 17.5. The Kier molecular flexibility index (Phi) is 5.24. The number of benzene rings is 1. The molecule has 0 unspecified atom stereocenters. The molecule has 0 amide bonds. The number of hydrogen-bond acceptors (Lipinski definition) is 7. The van der Waals surface area contributed by atoms with Crippen molar-refractivity contribution in [3.8, 4) is 23.1 Å². The van der Waals surface area contributed by atoms with E-state index in [1.54, 1.807) is 6.07 Å². The van der Waals surface area contributed by atoms with Crippen molar-refractivity contribution >= 4 is 16.6 Å². The molecule has 190 valence electrons. The highest BCUT2D eigenvalue weighted by molar-refractivity contribution is 5.80. The molecule has 0 saturated heterocycles. The highest BCUT2D eigenvalue weighted by Gasteiger charge is 2.42. The molecule has 0 N–H and O–H groups in total. The molecule has 1 aliphatic carbocycles. The lowest BCUT2D eigenvalue weighted by Gasteiger charge is -2.11. The van der Waals surface area contributed by atoms with Gasteiger partial charge in [0, 0.05) is 17.1 Å². The molecule has 0 radical (unpaired) electrons. The van der Waals surface area contributed by atoms with E-state index in [0.717, 1.165) is 32.9 Å². The van der Waals surface area contributed by atoms with Crippen LogP contribution in [0.2, 0.25) is 0 Å². The van der Waals surface area contributed by atoms with Gasteiger partial charge >= 0.3 is 12.2 Å². The zero-order valence-electron chi connectivity index (χ0n) is 19.6. The first-order chi connectivity index (χ1) is 17.8. The summed E-state index contributed by atoms with van der Waals surface area (Å²) in [5.41, 5.74) is 3.39. The molecule has 1 aromatic carbocycles. The summed E-state index contributed by atoms with van der Waals surface area (Å²) < 4.78 is 65.7. The van der Waals surface area contributed by atoms with Gasteiger partial charge in [-0.1, -0.05) is 6.07 Å². The van der Waals surface area contributed by atoms with Gasteiger partial charge in [-0.25, -0.2) is 9.97 Å². The van der Waals surface area contributed by atoms with E-state index in [-0.39, 0.29) is 23.7 Å². The number of hydrogen-bond donors (Lipinski definition) is 0. The van der Waals surface area contributed by atoms with E-state index < -0.39 is 18.7 Å². The predicted molar refractivity (Wildman–Crippen MR) is 123 cm³/mol. The Balaban J connectivity index is 1.37. The molecule has 4 heterocycles. The van der Waals surface area contributed by atoms with Crippen LogP contribution in [0.3, 0.4) is 0 Å². The molecule has 4 aromatic heterocycles. The summed E-state index contributed by atoms with van der Waals surface area (Å²) in [4.78, 5) is 12.5. The van der Waals surface area contributed by atoms with E-state index in [1.807, 2.05) is 18.2 Å². The summed E-state index contributed by atoms with van der Waals surface area (Å²) in [7, 11) is 2.88. The molecule has 0 spiro atoms. The van der Waals surface area contributed by atoms with Crippen molar-refractivity contribution in [3.63, 3.8) is 0 Å². The first kappa shape index (κ1) is 23.1. The summed E-state index contributed by atoms with van der Waals surface area (Å²) in [5.74, 6) is -0.330. The quantitative estimate of drug-likeness (QED) is 0.308. The van der Waals surface area contributed by atoms with Crippen LogP contribution in [0.15, 0.2) is 42.9 Å². The molecule has 37 heavy (non-hydrogen) atoms. The maximum Gasteiger partial charge on any atom is 0.408 e. The van der Waals surface area contributed by atoms with Crippen molar-refractivity contribution in [2.24, 2.45) is 0 Å². The van der Waals surface area contributed by atoms with Crippen molar-refractivity contribution in [3.05, 3.63) is 59.9 Å². The number of ether oxygens (including phenoxy) is 2. The highest BCUT2D eigenvalue weighted by Crippen LogP contribution is 2.56. The summed E-state index contributed by atoms with van der Waals surface area (Å²) in [5, 5.41) is 8.91. The first-order valence-electron chi connectivity index (χ1n) is 11.3. The summed E-state index contributed by atoms with van der Waals surface area (Å²) in [6, 6.07) is 7.26. The van der Waals surface area contributed by atoms with E-state index in [4.69, 9.17) is 9.47 Å². The molecular formula is C24H19F4N7O2. The molecule has 2 atom stereocenters. The Labute approximate surface area is 206 Å². The van der Waals surface area contributed by atoms with Crippen molar-refractivity contribution in [1.29, 1.82) is 0 Å². The largest absolute Gasteiger partial charge is 0.480 e. The second kappa shape index (κ2) is 8.39. The number of rotatable bonds is 6. The molecule has 0 aliphatic heterocycles. The summed E-state index contributed by atoms with van der Waals surface area (Å²) in [6.45, 7) is -1.15. The molecular weight excluding hydrogens is 494 g/mol. The fraction of sp³-hybridized carbons (Fsp3) is 0.292. The van der Waals surface area contributed by atoms with E-state index in [1.165, 1.54) is 26.6 Å². The van der Waals surface area contributed by atoms with Gasteiger partial charge in [0.05, 0.1) is 43.4 Å². The van der Waals surface area contributed by atoms with Crippen molar-refractivity contribution in [2.75, 3.05) is 14.2 Å². The van der Waals surface area contributed by atoms with Gasteiger partial charge in [-0.15, -0.1) is 0 Å². The predicted octanol–water partition coefficient (Wildman–Crippen LogP) is 4.53. The molecule has 1 saturated carbocycles. The molecule has 6 rings (SSSR count). The van der Waals surface area contributed by atoms with Gasteiger partial charge in [-0.2, -0.15) is 37.3 Å². The number of imidazole rings is 1. The third-order valence-electron chi connectivity index (χ3n) is 6.45. The van der Waals surface area contributed by atoms with Crippen LogP contribution in [-0.2, 0) is 6.54 Å². The Bertz CT molecular complexity index is 1650. The van der Waals surface area contributed by atoms with Crippen LogP contribution < -0.4 is 9.47 Å². The van der Waals surface area contributed by atoms with E-state index in [0.29, 0.717) is 27.8 Å². The maximum atomic E-state index is 14.6. The second-order valence-corrected chi connectivity index (χ2v) is 8.77. The minimum absolute atomic E-state index is 0.00104. The Hall–Kier alpha value is -4.29. The molecule has 13 heteroatoms. The SMILES string of the molecule is COc1ncc(-c2cc([C@H]3C[C@@H]3c3ccc4c(cnn4CC(F)(F)F)c3)c3ncc(F)n3n2)c(OC)n1. The van der Waals surface area contributed by atoms with Gasteiger partial charge in [-0.05, 0) is 42.0 Å². The molecule has 0 bridgehead atoms. The molecule has 9 nitrogen and oxygen atoms in total. The van der Waals surface area contributed by atoms with E-state index >= 15 is 0 Å². The number of nitrogens with zero attached hydrogens (tertiary/aromatic N) is 7. The number of methoxy groups -OCH3 is 2. The van der Waals surface area contributed by atoms with Crippen LogP contribution in [0, 0.1) is 5.95 Å². The van der Waals surface area contributed by atoms with Gasteiger partial charge < -0.3 is 9.47 Å². The number of alkyl halides is 3. The number of fused-ring (bicyclic) bond motifs is 2. The first-order valence-corrected chi connectivity index (χ1v) is 11.3. The van der Waals surface area contributed by atoms with Crippen LogP contribution in [0.4, 0.5) is 17.6 Å². The topological polar surface area (TPSA) is 92.3 Å². The van der Waals surface area contributed by atoms with Gasteiger partial charge in [0.25, 0.3) is 0 Å². The van der Waals surface area contributed by atoms with Crippen LogP contribution in [0.5, 0.6) is 11.9 Å². The van der Waals surface area contributed by atoms with Gasteiger partial charge in [0.15, 0.2) is 5.65 Å². The smallest absolute Gasteiger partial charge is 0.408 e. The zero-order valence-corrected chi connectivity index (χ0v) is 19.6. The lowest BCUT2D eigenvalue weighted by Crippen LogP contribution is -2.18. The number of halogens is 4. The molecule has 5 aromatic rings. The Morgan fingerprint density at radius 3 is 2.62 bits per heavy atom. The van der Waals surface area contributed by atoms with Gasteiger partial charge in [0.1, 0.15) is 6.54 Å². The summed E-state index contributed by atoms with van der Waals surface area (Å²) in [6.07, 6.45) is 0.432. The average Bonchev–Trinajstić information content (AvgIpc) is 3.47. The molecule has 1 fully saturated rings. The number of aromatic nitrogens is 7. The van der Waals surface area contributed by atoms with Crippen LogP contribution >= 0.6 is 0 Å². The zero-order chi connectivity index (χ0) is 25.9. The highest BCUT2D eigenvalue weighted by atomic mass is 19.4. The standard InChI is InChI=1S/C24H19F4N7O2/c1-36-22-17(9-30-23(32-22)37-2)18-7-16(21-29-10-20(25)35(21)33-18)15-6-14(15)12-3-4-19-13(5-12)8-31-34(19)11-24(26,27)28/h3-5,7-10,14-15H,6,11H2,1-2H3/t14-,15+/m1/s1. The summed E-state index contributed by atoms with van der Waals surface area (Å²) >= 11 is 0. The van der Waals surface area contributed by atoms with Crippen molar-refractivity contribution in [1.82, 2.24) is 34.3 Å².